The van der Waals surface area contributed by atoms with Gasteiger partial charge in [-0.1, -0.05) is 43.1 Å². The summed E-state index contributed by atoms with van der Waals surface area (Å²) < 4.78 is 5.48. The molecule has 2 aliphatic rings. The predicted octanol–water partition coefficient (Wildman–Crippen LogP) is 4.86. The zero-order valence-corrected chi connectivity index (χ0v) is 16.0. The summed E-state index contributed by atoms with van der Waals surface area (Å²) in [5.41, 5.74) is 2.77. The van der Waals surface area contributed by atoms with Gasteiger partial charge in [-0.15, -0.1) is 0 Å². The summed E-state index contributed by atoms with van der Waals surface area (Å²) in [6, 6.07) is 7.42. The quantitative estimate of drug-likeness (QED) is 0.546. The minimum atomic E-state index is -0.418. The number of aliphatic imine (C=N–C) groups is 1. The molecule has 0 spiro atoms. The molecule has 1 fully saturated rings. The van der Waals surface area contributed by atoms with Crippen molar-refractivity contribution < 1.29 is 14.3 Å². The smallest absolute Gasteiger partial charge is 0.336 e. The third-order valence-electron chi connectivity index (χ3n) is 5.10. The van der Waals surface area contributed by atoms with Gasteiger partial charge in [0.25, 0.3) is 0 Å². The second-order valence-corrected chi connectivity index (χ2v) is 7.30. The van der Waals surface area contributed by atoms with Crippen LogP contribution in [0.15, 0.2) is 40.5 Å². The molecule has 0 N–H and O–H groups in total. The van der Waals surface area contributed by atoms with Gasteiger partial charge in [-0.05, 0) is 37.8 Å². The molecule has 138 valence electrons. The first-order valence-electron chi connectivity index (χ1n) is 9.27. The van der Waals surface area contributed by atoms with Crippen molar-refractivity contribution in [1.29, 1.82) is 0 Å². The Kier molecular flexibility index (Phi) is 5.92. The second-order valence-electron chi connectivity index (χ2n) is 6.89. The molecular formula is C21H24ClNO3. The number of hydrogen-bond acceptors (Lipinski definition) is 4. The van der Waals surface area contributed by atoms with Crippen molar-refractivity contribution in [1.82, 2.24) is 0 Å². The summed E-state index contributed by atoms with van der Waals surface area (Å²) in [6.45, 7) is 4.24. The van der Waals surface area contributed by atoms with Crippen molar-refractivity contribution in [3.8, 4) is 0 Å². The molecular weight excluding hydrogens is 350 g/mol. The Balaban J connectivity index is 2.07. The molecule has 5 heteroatoms. The Morgan fingerprint density at radius 2 is 2.04 bits per heavy atom. The maximum atomic E-state index is 12.9. The Morgan fingerprint density at radius 1 is 1.27 bits per heavy atom. The topological polar surface area (TPSA) is 55.7 Å². The van der Waals surface area contributed by atoms with Crippen molar-refractivity contribution in [3.05, 3.63) is 46.1 Å². The van der Waals surface area contributed by atoms with E-state index < -0.39 is 11.8 Å². The zero-order valence-electron chi connectivity index (χ0n) is 15.3. The van der Waals surface area contributed by atoms with Crippen LogP contribution in [0.25, 0.3) is 0 Å². The largest absolute Gasteiger partial charge is 0.462 e. The number of Topliss-reactive ketones (excluding diaryl/α,β-unsaturated/α-hetero) is 1. The van der Waals surface area contributed by atoms with Crippen molar-refractivity contribution in [2.45, 2.75) is 51.9 Å². The van der Waals surface area contributed by atoms with Crippen molar-refractivity contribution in [2.24, 2.45) is 10.9 Å². The van der Waals surface area contributed by atoms with Crippen LogP contribution in [-0.2, 0) is 14.3 Å². The average molecular weight is 374 g/mol. The van der Waals surface area contributed by atoms with Gasteiger partial charge in [0.2, 0.25) is 0 Å². The number of ether oxygens (including phenoxy) is 1. The summed E-state index contributed by atoms with van der Waals surface area (Å²) in [5.74, 6) is -1.09. The fourth-order valence-electron chi connectivity index (χ4n) is 3.84. The van der Waals surface area contributed by atoms with E-state index in [1.165, 1.54) is 0 Å². The van der Waals surface area contributed by atoms with Crippen molar-refractivity contribution >= 4 is 29.1 Å². The first kappa shape index (κ1) is 18.8. The number of rotatable bonds is 5. The molecule has 3 rings (SSSR count). The SMILES string of the molecule is CCCCOC(=O)C1=C(C)N=C2CCCC(=O)[C@H]2[C@@H]1c1ccccc1Cl. The van der Waals surface area contributed by atoms with Gasteiger partial charge in [0.05, 0.1) is 18.1 Å². The monoisotopic (exact) mass is 373 g/mol. The number of esters is 1. The minimum absolute atomic E-state index is 0.131. The molecule has 0 bridgehead atoms. The number of carbonyl (C=O) groups is 2. The van der Waals surface area contributed by atoms with E-state index in [2.05, 4.69) is 4.99 Å². The Hall–Kier alpha value is -1.94. The molecule has 0 amide bonds. The maximum Gasteiger partial charge on any atom is 0.336 e. The number of benzene rings is 1. The van der Waals surface area contributed by atoms with E-state index in [4.69, 9.17) is 16.3 Å². The summed E-state index contributed by atoms with van der Waals surface area (Å²) >= 11 is 6.46. The van der Waals surface area contributed by atoms with E-state index in [0.717, 1.165) is 37.0 Å². The molecule has 1 aliphatic heterocycles. The Bertz CT molecular complexity index is 781. The predicted molar refractivity (Wildman–Crippen MR) is 103 cm³/mol. The lowest BCUT2D eigenvalue weighted by Crippen LogP contribution is -2.39. The number of hydrogen-bond donors (Lipinski definition) is 0. The molecule has 0 aromatic heterocycles. The third kappa shape index (κ3) is 3.61. The van der Waals surface area contributed by atoms with Crippen LogP contribution >= 0.6 is 11.6 Å². The molecule has 2 atom stereocenters. The van der Waals surface area contributed by atoms with Gasteiger partial charge < -0.3 is 4.74 Å². The van der Waals surface area contributed by atoms with Crippen LogP contribution in [0.1, 0.15) is 57.4 Å². The van der Waals surface area contributed by atoms with E-state index in [0.29, 0.717) is 29.3 Å². The van der Waals surface area contributed by atoms with E-state index in [1.807, 2.05) is 32.0 Å². The number of unbranched alkanes of at least 4 members (excludes halogenated alkanes) is 1. The standard InChI is InChI=1S/C21H24ClNO3/c1-3-4-12-26-21(25)18-13(2)23-16-10-7-11-17(24)20(16)19(18)14-8-5-6-9-15(14)22/h5-6,8-9,19-20H,3-4,7,10-12H2,1-2H3/t19-,20+/m1/s1. The first-order chi connectivity index (χ1) is 12.5. The molecule has 1 aromatic rings. The van der Waals surface area contributed by atoms with E-state index in [1.54, 1.807) is 6.07 Å². The summed E-state index contributed by atoms with van der Waals surface area (Å²) in [7, 11) is 0. The van der Waals surface area contributed by atoms with E-state index in [9.17, 15) is 9.59 Å². The molecule has 26 heavy (non-hydrogen) atoms. The Labute approximate surface area is 159 Å². The van der Waals surface area contributed by atoms with E-state index in [-0.39, 0.29) is 11.8 Å². The number of allylic oxidation sites excluding steroid dienone is 1. The van der Waals surface area contributed by atoms with Crippen LogP contribution in [0.4, 0.5) is 0 Å². The van der Waals surface area contributed by atoms with Gasteiger partial charge >= 0.3 is 5.97 Å². The fraction of sp³-hybridized carbons (Fsp3) is 0.476. The molecule has 0 unspecified atom stereocenters. The lowest BCUT2D eigenvalue weighted by atomic mass is 9.69. The number of ketones is 1. The third-order valence-corrected chi connectivity index (χ3v) is 5.44. The van der Waals surface area contributed by atoms with Gasteiger partial charge in [0.1, 0.15) is 5.78 Å². The van der Waals surface area contributed by atoms with Crippen LogP contribution in [0.2, 0.25) is 5.02 Å². The van der Waals surface area contributed by atoms with Crippen LogP contribution in [0.5, 0.6) is 0 Å². The lowest BCUT2D eigenvalue weighted by molar-refractivity contribution is -0.139. The van der Waals surface area contributed by atoms with Crippen LogP contribution < -0.4 is 0 Å². The number of halogens is 1. The molecule has 1 saturated carbocycles. The van der Waals surface area contributed by atoms with Crippen molar-refractivity contribution in [2.75, 3.05) is 6.61 Å². The zero-order chi connectivity index (χ0) is 18.7. The summed E-state index contributed by atoms with van der Waals surface area (Å²) in [4.78, 5) is 30.2. The summed E-state index contributed by atoms with van der Waals surface area (Å²) in [5, 5.41) is 0.559. The van der Waals surface area contributed by atoms with Crippen LogP contribution in [0.3, 0.4) is 0 Å². The van der Waals surface area contributed by atoms with E-state index >= 15 is 0 Å². The number of nitrogens with zero attached hydrogens (tertiary/aromatic N) is 1. The molecule has 1 aromatic carbocycles. The van der Waals surface area contributed by atoms with Gasteiger partial charge in [0, 0.05) is 28.8 Å². The Morgan fingerprint density at radius 3 is 2.77 bits per heavy atom. The normalized spacial score (nSPS) is 22.7. The molecule has 0 saturated heterocycles. The number of carbonyl (C=O) groups excluding carboxylic acids is 2. The van der Waals surface area contributed by atoms with Gasteiger partial charge in [0.15, 0.2) is 0 Å². The highest BCUT2D eigenvalue weighted by atomic mass is 35.5. The molecule has 1 heterocycles. The summed E-state index contributed by atoms with van der Waals surface area (Å²) in [6.07, 6.45) is 3.87. The first-order valence-corrected chi connectivity index (χ1v) is 9.64. The maximum absolute atomic E-state index is 12.9. The van der Waals surface area contributed by atoms with Gasteiger partial charge in [-0.3, -0.25) is 9.79 Å². The highest BCUT2D eigenvalue weighted by Gasteiger charge is 2.44. The van der Waals surface area contributed by atoms with Crippen molar-refractivity contribution in [3.63, 3.8) is 0 Å². The van der Waals surface area contributed by atoms with Gasteiger partial charge in [-0.2, -0.15) is 0 Å². The lowest BCUT2D eigenvalue weighted by Gasteiger charge is -2.35. The second kappa shape index (κ2) is 8.17. The molecule has 4 nitrogen and oxygen atoms in total. The minimum Gasteiger partial charge on any atom is -0.462 e. The van der Waals surface area contributed by atoms with Gasteiger partial charge in [-0.25, -0.2) is 4.79 Å². The highest BCUT2D eigenvalue weighted by molar-refractivity contribution is 6.31. The van der Waals surface area contributed by atoms with Crippen LogP contribution in [-0.4, -0.2) is 24.1 Å². The van der Waals surface area contributed by atoms with Crippen LogP contribution in [0, 0.1) is 5.92 Å². The fourth-order valence-corrected chi connectivity index (χ4v) is 4.09. The molecule has 0 radical (unpaired) electrons. The average Bonchev–Trinajstić information content (AvgIpc) is 2.61. The highest BCUT2D eigenvalue weighted by Crippen LogP contribution is 2.44. The molecule has 1 aliphatic carbocycles. The number of fused-ring (bicyclic) bond motifs is 1.